The quantitative estimate of drug-likeness (QED) is 0.829. The molecule has 0 spiro atoms. The second kappa shape index (κ2) is 7.47. The third-order valence-corrected chi connectivity index (χ3v) is 5.64. The van der Waals surface area contributed by atoms with E-state index in [9.17, 15) is 4.79 Å². The number of likely N-dealkylation sites (N-methyl/N-ethyl adjacent to an activating group) is 1. The van der Waals surface area contributed by atoms with Crippen LogP contribution in [0.25, 0.3) is 0 Å². The fourth-order valence-corrected chi connectivity index (χ4v) is 4.15. The van der Waals surface area contributed by atoms with Crippen molar-refractivity contribution >= 4 is 28.8 Å². The number of carbonyl (C=O) groups excluding carboxylic acids is 1. The number of nitrogens with zero attached hydrogens (tertiary/aromatic N) is 2. The van der Waals surface area contributed by atoms with Crippen molar-refractivity contribution in [2.75, 3.05) is 20.1 Å². The molecule has 1 atom stereocenters. The summed E-state index contributed by atoms with van der Waals surface area (Å²) >= 11 is 7.36. The number of likely N-dealkylation sites (tertiary alicyclic amines) is 1. The Bertz CT molecular complexity index is 658. The molecule has 0 aliphatic carbocycles. The van der Waals surface area contributed by atoms with Crippen molar-refractivity contribution in [2.24, 2.45) is 0 Å². The minimum Gasteiger partial charge on any atom is -0.337 e. The predicted molar refractivity (Wildman–Crippen MR) is 96.2 cm³/mol. The third-order valence-electron chi connectivity index (χ3n) is 4.38. The van der Waals surface area contributed by atoms with Crippen LogP contribution in [0.5, 0.6) is 0 Å². The Kier molecular flexibility index (Phi) is 5.36. The zero-order chi connectivity index (χ0) is 16.2. The van der Waals surface area contributed by atoms with E-state index >= 15 is 0 Å². The maximum absolute atomic E-state index is 12.6. The van der Waals surface area contributed by atoms with Crippen LogP contribution >= 0.6 is 22.9 Å². The number of thiophene rings is 1. The van der Waals surface area contributed by atoms with Crippen LogP contribution in [0.4, 0.5) is 0 Å². The number of carbonyl (C=O) groups is 1. The second-order valence-electron chi connectivity index (χ2n) is 6.06. The molecule has 23 heavy (non-hydrogen) atoms. The summed E-state index contributed by atoms with van der Waals surface area (Å²) in [6.07, 6.45) is 2.19. The van der Waals surface area contributed by atoms with Crippen LogP contribution in [0, 0.1) is 0 Å². The van der Waals surface area contributed by atoms with Crippen LogP contribution in [0.2, 0.25) is 5.02 Å². The van der Waals surface area contributed by atoms with Gasteiger partial charge in [0.1, 0.15) is 0 Å². The van der Waals surface area contributed by atoms with E-state index < -0.39 is 0 Å². The number of amides is 1. The number of benzene rings is 1. The fraction of sp³-hybridized carbons (Fsp3) is 0.389. The first-order chi connectivity index (χ1) is 11.1. The summed E-state index contributed by atoms with van der Waals surface area (Å²) < 4.78 is 0. The molecule has 5 heteroatoms. The van der Waals surface area contributed by atoms with Gasteiger partial charge in [-0.05, 0) is 31.0 Å². The topological polar surface area (TPSA) is 23.6 Å². The van der Waals surface area contributed by atoms with Crippen molar-refractivity contribution in [1.29, 1.82) is 0 Å². The lowest BCUT2D eigenvalue weighted by Gasteiger charge is -2.37. The zero-order valence-corrected chi connectivity index (χ0v) is 14.8. The Hall–Kier alpha value is -1.36. The first-order valence-corrected chi connectivity index (χ1v) is 9.17. The molecular weight excluding hydrogens is 328 g/mol. The van der Waals surface area contributed by atoms with Gasteiger partial charge in [-0.25, -0.2) is 0 Å². The van der Waals surface area contributed by atoms with Crippen LogP contribution in [0.1, 0.15) is 28.1 Å². The van der Waals surface area contributed by atoms with Crippen molar-refractivity contribution < 1.29 is 4.79 Å². The molecule has 1 aliphatic heterocycles. The number of halogens is 1. The molecule has 3 rings (SSSR count). The van der Waals surface area contributed by atoms with Gasteiger partial charge in [0, 0.05) is 31.6 Å². The van der Waals surface area contributed by atoms with Crippen molar-refractivity contribution in [3.63, 3.8) is 0 Å². The lowest BCUT2D eigenvalue weighted by atomic mass is 10.0. The highest BCUT2D eigenvalue weighted by Crippen LogP contribution is 2.23. The molecule has 0 bridgehead atoms. The molecule has 1 aromatic heterocycles. The first kappa shape index (κ1) is 16.5. The van der Waals surface area contributed by atoms with Gasteiger partial charge in [0.15, 0.2) is 0 Å². The second-order valence-corrected chi connectivity index (χ2v) is 7.41. The normalized spacial score (nSPS) is 18.8. The van der Waals surface area contributed by atoms with Crippen LogP contribution in [0.3, 0.4) is 0 Å². The molecule has 0 saturated carbocycles. The van der Waals surface area contributed by atoms with Gasteiger partial charge in [-0.2, -0.15) is 0 Å². The van der Waals surface area contributed by atoms with E-state index in [0.29, 0.717) is 5.02 Å². The van der Waals surface area contributed by atoms with E-state index in [4.69, 9.17) is 11.6 Å². The van der Waals surface area contributed by atoms with Crippen molar-refractivity contribution in [3.8, 4) is 0 Å². The Morgan fingerprint density at radius 1 is 1.39 bits per heavy atom. The summed E-state index contributed by atoms with van der Waals surface area (Å²) in [5, 5.41) is 2.45. The molecule has 2 aromatic rings. The molecule has 0 radical (unpaired) electrons. The average molecular weight is 349 g/mol. The standard InChI is InChI=1S/C18H21ClN2OS/c1-20(18(22)17-10-15(19)13-23-17)16-8-5-9-21(12-16)11-14-6-3-2-4-7-14/h2-4,6-7,10,13,16H,5,8-9,11-12H2,1H3. The van der Waals surface area contributed by atoms with E-state index in [1.807, 2.05) is 23.4 Å². The molecular formula is C18H21ClN2OS. The van der Waals surface area contributed by atoms with Crippen molar-refractivity contribution in [2.45, 2.75) is 25.4 Å². The molecule has 1 amide bonds. The zero-order valence-electron chi connectivity index (χ0n) is 13.2. The molecule has 1 unspecified atom stereocenters. The molecule has 1 fully saturated rings. The minimum atomic E-state index is 0.0773. The van der Waals surface area contributed by atoms with Crippen molar-refractivity contribution in [1.82, 2.24) is 9.80 Å². The first-order valence-electron chi connectivity index (χ1n) is 7.91. The summed E-state index contributed by atoms with van der Waals surface area (Å²) in [4.78, 5) is 17.6. The molecule has 1 saturated heterocycles. The smallest absolute Gasteiger partial charge is 0.264 e. The maximum Gasteiger partial charge on any atom is 0.264 e. The summed E-state index contributed by atoms with van der Waals surface area (Å²) in [5.74, 6) is 0.0773. The van der Waals surface area contributed by atoms with E-state index in [2.05, 4.69) is 29.2 Å². The lowest BCUT2D eigenvalue weighted by Crippen LogP contribution is -2.48. The largest absolute Gasteiger partial charge is 0.337 e. The Morgan fingerprint density at radius 2 is 2.17 bits per heavy atom. The molecule has 3 nitrogen and oxygen atoms in total. The van der Waals surface area contributed by atoms with Crippen LogP contribution in [-0.4, -0.2) is 41.9 Å². The summed E-state index contributed by atoms with van der Waals surface area (Å²) in [7, 11) is 1.91. The summed E-state index contributed by atoms with van der Waals surface area (Å²) in [5.41, 5.74) is 1.33. The highest BCUT2D eigenvalue weighted by molar-refractivity contribution is 7.12. The van der Waals surface area contributed by atoms with Gasteiger partial charge in [-0.15, -0.1) is 11.3 Å². The van der Waals surface area contributed by atoms with Gasteiger partial charge in [0.2, 0.25) is 0 Å². The van der Waals surface area contributed by atoms with Crippen LogP contribution in [0.15, 0.2) is 41.8 Å². The molecule has 1 aliphatic rings. The van der Waals surface area contributed by atoms with E-state index in [0.717, 1.165) is 37.4 Å². The Balaban J connectivity index is 1.62. The highest BCUT2D eigenvalue weighted by Gasteiger charge is 2.27. The third kappa shape index (κ3) is 4.14. The fourth-order valence-electron chi connectivity index (χ4n) is 3.10. The van der Waals surface area contributed by atoms with E-state index in [-0.39, 0.29) is 11.9 Å². The number of hydrogen-bond acceptors (Lipinski definition) is 3. The monoisotopic (exact) mass is 348 g/mol. The Morgan fingerprint density at radius 3 is 2.87 bits per heavy atom. The van der Waals surface area contributed by atoms with Crippen molar-refractivity contribution in [3.05, 3.63) is 57.2 Å². The van der Waals surface area contributed by atoms with Gasteiger partial charge in [0.05, 0.1) is 9.90 Å². The number of hydrogen-bond donors (Lipinski definition) is 0. The van der Waals surface area contributed by atoms with E-state index in [1.165, 1.54) is 16.9 Å². The molecule has 2 heterocycles. The maximum atomic E-state index is 12.6. The SMILES string of the molecule is CN(C(=O)c1cc(Cl)cs1)C1CCCN(Cc2ccccc2)C1. The van der Waals surface area contributed by atoms with Gasteiger partial charge in [0.25, 0.3) is 5.91 Å². The number of piperidine rings is 1. The van der Waals surface area contributed by atoms with E-state index in [1.54, 1.807) is 6.07 Å². The Labute approximate surface area is 146 Å². The summed E-state index contributed by atoms with van der Waals surface area (Å²) in [6.45, 7) is 2.97. The lowest BCUT2D eigenvalue weighted by molar-refractivity contribution is 0.0614. The average Bonchev–Trinajstić information content (AvgIpc) is 3.01. The van der Waals surface area contributed by atoms with Gasteiger partial charge in [-0.3, -0.25) is 9.69 Å². The number of rotatable bonds is 4. The molecule has 122 valence electrons. The van der Waals surface area contributed by atoms with Crippen LogP contribution in [-0.2, 0) is 6.54 Å². The van der Waals surface area contributed by atoms with Gasteiger partial charge < -0.3 is 4.90 Å². The predicted octanol–water partition coefficient (Wildman–Crippen LogP) is 4.14. The molecule has 0 N–H and O–H groups in total. The van der Waals surface area contributed by atoms with Gasteiger partial charge >= 0.3 is 0 Å². The summed E-state index contributed by atoms with van der Waals surface area (Å²) in [6, 6.07) is 12.5. The highest BCUT2D eigenvalue weighted by atomic mass is 35.5. The van der Waals surface area contributed by atoms with Crippen LogP contribution < -0.4 is 0 Å². The van der Waals surface area contributed by atoms with Gasteiger partial charge in [-0.1, -0.05) is 41.9 Å². The molecule has 1 aromatic carbocycles. The minimum absolute atomic E-state index is 0.0773.